The van der Waals surface area contributed by atoms with E-state index in [1.807, 2.05) is 0 Å². The Morgan fingerprint density at radius 1 is 1.19 bits per heavy atom. The molecule has 0 amide bonds. The molecule has 3 heteroatoms. The molecule has 2 aromatic rings. The van der Waals surface area contributed by atoms with Crippen LogP contribution in [0.25, 0.3) is 10.9 Å². The summed E-state index contributed by atoms with van der Waals surface area (Å²) in [5.41, 5.74) is 3.66. The second-order valence-corrected chi connectivity index (χ2v) is 6.51. The molecule has 3 rings (SSSR count). The number of nitrogens with one attached hydrogen (secondary N) is 1. The van der Waals surface area contributed by atoms with Crippen molar-refractivity contribution in [3.8, 4) is 0 Å². The Hall–Kier alpha value is -1.61. The lowest BCUT2D eigenvalue weighted by Gasteiger charge is -2.37. The Morgan fingerprint density at radius 2 is 1.90 bits per heavy atom. The third-order valence-corrected chi connectivity index (χ3v) is 4.94. The lowest BCUT2D eigenvalue weighted by atomic mass is 9.95. The van der Waals surface area contributed by atoms with Gasteiger partial charge in [-0.25, -0.2) is 0 Å². The first-order valence-corrected chi connectivity index (χ1v) is 7.88. The summed E-state index contributed by atoms with van der Waals surface area (Å²) in [6, 6.07) is 10.5. The Balaban J connectivity index is 1.88. The van der Waals surface area contributed by atoms with Crippen molar-refractivity contribution in [2.75, 3.05) is 26.0 Å². The van der Waals surface area contributed by atoms with Crippen molar-refractivity contribution in [2.45, 2.75) is 38.1 Å². The molecule has 1 saturated carbocycles. The second kappa shape index (κ2) is 5.64. The summed E-state index contributed by atoms with van der Waals surface area (Å²) in [6.45, 7) is 3.07. The van der Waals surface area contributed by atoms with Crippen LogP contribution in [0.3, 0.4) is 0 Å². The Labute approximate surface area is 127 Å². The summed E-state index contributed by atoms with van der Waals surface area (Å²) in [5.74, 6) is 0. The van der Waals surface area contributed by atoms with Crippen LogP contribution >= 0.6 is 0 Å². The number of benzene rings is 1. The van der Waals surface area contributed by atoms with Gasteiger partial charge in [-0.3, -0.25) is 4.98 Å². The zero-order valence-electron chi connectivity index (χ0n) is 13.3. The average molecular weight is 283 g/mol. The highest BCUT2D eigenvalue weighted by molar-refractivity contribution is 5.91. The largest absolute Gasteiger partial charge is 0.383 e. The number of aromatic nitrogens is 1. The van der Waals surface area contributed by atoms with Crippen molar-refractivity contribution in [2.24, 2.45) is 0 Å². The molecule has 21 heavy (non-hydrogen) atoms. The monoisotopic (exact) mass is 283 g/mol. The van der Waals surface area contributed by atoms with E-state index in [1.165, 1.54) is 36.8 Å². The number of likely N-dealkylation sites (N-methyl/N-ethyl adjacent to an activating group) is 1. The van der Waals surface area contributed by atoms with Gasteiger partial charge in [0.1, 0.15) is 0 Å². The van der Waals surface area contributed by atoms with Gasteiger partial charge in [-0.15, -0.1) is 0 Å². The molecule has 1 aliphatic rings. The molecular weight excluding hydrogens is 258 g/mol. The molecule has 0 saturated heterocycles. The summed E-state index contributed by atoms with van der Waals surface area (Å²) in [7, 11) is 4.42. The van der Waals surface area contributed by atoms with Crippen LogP contribution in [0.4, 0.5) is 5.69 Å². The van der Waals surface area contributed by atoms with Crippen molar-refractivity contribution in [1.29, 1.82) is 0 Å². The van der Waals surface area contributed by atoms with Crippen molar-refractivity contribution in [1.82, 2.24) is 9.88 Å². The first-order valence-electron chi connectivity index (χ1n) is 7.88. The zero-order valence-corrected chi connectivity index (χ0v) is 13.3. The van der Waals surface area contributed by atoms with Crippen molar-refractivity contribution < 1.29 is 0 Å². The van der Waals surface area contributed by atoms with Crippen molar-refractivity contribution in [3.63, 3.8) is 0 Å². The molecule has 1 N–H and O–H groups in total. The third-order valence-electron chi connectivity index (χ3n) is 4.94. The van der Waals surface area contributed by atoms with Gasteiger partial charge in [-0.2, -0.15) is 0 Å². The Bertz CT molecular complexity index is 627. The van der Waals surface area contributed by atoms with E-state index in [-0.39, 0.29) is 0 Å². The summed E-state index contributed by atoms with van der Waals surface area (Å²) < 4.78 is 0. The fourth-order valence-electron chi connectivity index (χ4n) is 3.53. The lowest BCUT2D eigenvalue weighted by Crippen LogP contribution is -2.47. The van der Waals surface area contributed by atoms with E-state index >= 15 is 0 Å². The quantitative estimate of drug-likeness (QED) is 0.924. The number of anilines is 1. The number of nitrogens with zero attached hydrogens (tertiary/aromatic N) is 2. The highest BCUT2D eigenvalue weighted by atomic mass is 15.2. The van der Waals surface area contributed by atoms with E-state index in [9.17, 15) is 0 Å². The molecule has 1 aromatic carbocycles. The molecule has 0 spiro atoms. The van der Waals surface area contributed by atoms with Crippen molar-refractivity contribution in [3.05, 3.63) is 36.0 Å². The minimum absolute atomic E-state index is 0.304. The van der Waals surface area contributed by atoms with Gasteiger partial charge >= 0.3 is 0 Å². The summed E-state index contributed by atoms with van der Waals surface area (Å²) >= 11 is 0. The molecule has 3 nitrogen and oxygen atoms in total. The van der Waals surface area contributed by atoms with E-state index in [1.54, 1.807) is 0 Å². The summed E-state index contributed by atoms with van der Waals surface area (Å²) in [4.78, 5) is 7.02. The normalized spacial score (nSPS) is 17.5. The predicted octanol–water partition coefficient (Wildman–Crippen LogP) is 3.83. The number of aryl methyl sites for hydroxylation is 1. The molecule has 1 aromatic heterocycles. The van der Waals surface area contributed by atoms with Crippen LogP contribution in [0.5, 0.6) is 0 Å². The number of para-hydroxylation sites is 1. The SMILES string of the molecule is Cc1cc(NCC2(N(C)C)CCCC2)c2ccccc2n1. The molecule has 0 radical (unpaired) electrons. The molecule has 1 heterocycles. The van der Waals surface area contributed by atoms with Crippen LogP contribution in [0.1, 0.15) is 31.4 Å². The lowest BCUT2D eigenvalue weighted by molar-refractivity contribution is 0.172. The highest BCUT2D eigenvalue weighted by Gasteiger charge is 2.35. The zero-order chi connectivity index (χ0) is 14.9. The standard InChI is InChI=1S/C18H25N3/c1-14-12-17(15-8-4-5-9-16(15)20-14)19-13-18(21(2)3)10-6-7-11-18/h4-5,8-9,12H,6-7,10-11,13H2,1-3H3,(H,19,20). The fraction of sp³-hybridized carbons (Fsp3) is 0.500. The van der Waals surface area contributed by atoms with E-state index in [2.05, 4.69) is 66.6 Å². The number of rotatable bonds is 4. The predicted molar refractivity (Wildman–Crippen MR) is 89.9 cm³/mol. The third kappa shape index (κ3) is 2.75. The van der Waals surface area contributed by atoms with E-state index in [0.29, 0.717) is 5.54 Å². The van der Waals surface area contributed by atoms with Gasteiger partial charge in [0.2, 0.25) is 0 Å². The van der Waals surface area contributed by atoms with Gasteiger partial charge in [0.05, 0.1) is 5.52 Å². The van der Waals surface area contributed by atoms with Crippen LogP contribution in [-0.2, 0) is 0 Å². The molecule has 112 valence electrons. The molecule has 1 aliphatic carbocycles. The molecule has 1 fully saturated rings. The van der Waals surface area contributed by atoms with Gasteiger partial charge in [0.15, 0.2) is 0 Å². The average Bonchev–Trinajstić information content (AvgIpc) is 2.95. The van der Waals surface area contributed by atoms with E-state index in [0.717, 1.165) is 17.8 Å². The minimum Gasteiger partial charge on any atom is -0.383 e. The molecule has 0 unspecified atom stereocenters. The first-order chi connectivity index (χ1) is 10.1. The molecular formula is C18H25N3. The van der Waals surface area contributed by atoms with Gasteiger partial charge in [0, 0.05) is 28.9 Å². The smallest absolute Gasteiger partial charge is 0.0725 e. The van der Waals surface area contributed by atoms with Gasteiger partial charge < -0.3 is 10.2 Å². The summed E-state index contributed by atoms with van der Waals surface area (Å²) in [5, 5.41) is 4.93. The number of pyridine rings is 1. The van der Waals surface area contributed by atoms with Crippen molar-refractivity contribution >= 4 is 16.6 Å². The summed E-state index contributed by atoms with van der Waals surface area (Å²) in [6.07, 6.45) is 5.26. The highest BCUT2D eigenvalue weighted by Crippen LogP contribution is 2.34. The van der Waals surface area contributed by atoms with Crippen LogP contribution < -0.4 is 5.32 Å². The Morgan fingerprint density at radius 3 is 2.62 bits per heavy atom. The van der Waals surface area contributed by atoms with Crippen LogP contribution in [0, 0.1) is 6.92 Å². The van der Waals surface area contributed by atoms with Gasteiger partial charge in [-0.05, 0) is 46.0 Å². The van der Waals surface area contributed by atoms with Crippen LogP contribution in [0.15, 0.2) is 30.3 Å². The van der Waals surface area contributed by atoms with Gasteiger partial charge in [-0.1, -0.05) is 31.0 Å². The minimum atomic E-state index is 0.304. The molecule has 0 aliphatic heterocycles. The van der Waals surface area contributed by atoms with Gasteiger partial charge in [0.25, 0.3) is 0 Å². The number of fused-ring (bicyclic) bond motifs is 1. The molecule has 0 atom stereocenters. The number of hydrogen-bond donors (Lipinski definition) is 1. The fourth-order valence-corrected chi connectivity index (χ4v) is 3.53. The number of hydrogen-bond acceptors (Lipinski definition) is 3. The Kier molecular flexibility index (Phi) is 3.85. The van der Waals surface area contributed by atoms with E-state index in [4.69, 9.17) is 0 Å². The first kappa shape index (κ1) is 14.3. The topological polar surface area (TPSA) is 28.2 Å². The maximum Gasteiger partial charge on any atom is 0.0725 e. The van der Waals surface area contributed by atoms with E-state index < -0.39 is 0 Å². The van der Waals surface area contributed by atoms with Crippen LogP contribution in [-0.4, -0.2) is 36.1 Å². The maximum absolute atomic E-state index is 4.62. The van der Waals surface area contributed by atoms with Crippen LogP contribution in [0.2, 0.25) is 0 Å². The maximum atomic E-state index is 4.62. The molecule has 0 bridgehead atoms. The second-order valence-electron chi connectivity index (χ2n) is 6.51.